The van der Waals surface area contributed by atoms with Crippen molar-refractivity contribution in [2.24, 2.45) is 0 Å². The Hall–Kier alpha value is -1.60. The molecule has 0 aromatic heterocycles. The van der Waals surface area contributed by atoms with Crippen molar-refractivity contribution in [2.45, 2.75) is 52.6 Å². The molecule has 1 atom stereocenters. The first kappa shape index (κ1) is 15.8. The van der Waals surface area contributed by atoms with E-state index in [9.17, 15) is 0 Å². The molecule has 2 rings (SSSR count). The molecule has 1 unspecified atom stereocenters. The first-order valence-corrected chi connectivity index (χ1v) is 8.17. The SMILES string of the molecule is CCc1ccc(C(CC)NCc2ccccc2CC)cc1. The third-order valence-corrected chi connectivity index (χ3v) is 4.24. The fourth-order valence-corrected chi connectivity index (χ4v) is 2.79. The Balaban J connectivity index is 2.04. The maximum Gasteiger partial charge on any atom is 0.0320 e. The lowest BCUT2D eigenvalue weighted by atomic mass is 10.0. The Morgan fingerprint density at radius 2 is 1.48 bits per heavy atom. The smallest absolute Gasteiger partial charge is 0.0320 e. The summed E-state index contributed by atoms with van der Waals surface area (Å²) >= 11 is 0. The van der Waals surface area contributed by atoms with Gasteiger partial charge in [-0.05, 0) is 41.5 Å². The Labute approximate surface area is 129 Å². The van der Waals surface area contributed by atoms with Crippen LogP contribution in [0, 0.1) is 0 Å². The van der Waals surface area contributed by atoms with E-state index in [1.54, 1.807) is 0 Å². The number of aryl methyl sites for hydroxylation is 2. The lowest BCUT2D eigenvalue weighted by Gasteiger charge is -2.19. The van der Waals surface area contributed by atoms with Gasteiger partial charge in [0.1, 0.15) is 0 Å². The van der Waals surface area contributed by atoms with Crippen molar-refractivity contribution in [1.82, 2.24) is 5.32 Å². The predicted molar refractivity (Wildman–Crippen MR) is 91.5 cm³/mol. The molecular weight excluding hydrogens is 254 g/mol. The Morgan fingerprint density at radius 3 is 2.05 bits per heavy atom. The number of hydrogen-bond acceptors (Lipinski definition) is 1. The van der Waals surface area contributed by atoms with E-state index in [2.05, 4.69) is 74.6 Å². The second-order valence-electron chi connectivity index (χ2n) is 5.56. The van der Waals surface area contributed by atoms with Crippen LogP contribution < -0.4 is 5.32 Å². The molecule has 0 saturated carbocycles. The minimum Gasteiger partial charge on any atom is -0.306 e. The molecule has 0 fully saturated rings. The van der Waals surface area contributed by atoms with Gasteiger partial charge in [0.25, 0.3) is 0 Å². The number of benzene rings is 2. The number of nitrogens with one attached hydrogen (secondary N) is 1. The van der Waals surface area contributed by atoms with Gasteiger partial charge >= 0.3 is 0 Å². The largest absolute Gasteiger partial charge is 0.306 e. The summed E-state index contributed by atoms with van der Waals surface area (Å²) in [5.41, 5.74) is 5.67. The van der Waals surface area contributed by atoms with Crippen molar-refractivity contribution in [1.29, 1.82) is 0 Å². The van der Waals surface area contributed by atoms with Crippen LogP contribution in [0.25, 0.3) is 0 Å². The molecule has 0 aliphatic rings. The third-order valence-electron chi connectivity index (χ3n) is 4.24. The summed E-state index contributed by atoms with van der Waals surface area (Å²) in [7, 11) is 0. The molecular formula is C20H27N. The topological polar surface area (TPSA) is 12.0 Å². The zero-order valence-electron chi connectivity index (χ0n) is 13.5. The summed E-state index contributed by atoms with van der Waals surface area (Å²) in [4.78, 5) is 0. The van der Waals surface area contributed by atoms with Crippen molar-refractivity contribution < 1.29 is 0 Å². The normalized spacial score (nSPS) is 12.3. The van der Waals surface area contributed by atoms with Gasteiger partial charge in [0.15, 0.2) is 0 Å². The summed E-state index contributed by atoms with van der Waals surface area (Å²) in [6.07, 6.45) is 3.31. The number of hydrogen-bond donors (Lipinski definition) is 1. The van der Waals surface area contributed by atoms with Gasteiger partial charge in [-0.15, -0.1) is 0 Å². The standard InChI is InChI=1S/C20H27N/c1-4-16-11-13-18(14-12-16)20(6-3)21-15-19-10-8-7-9-17(19)5-2/h7-14,20-21H,4-6,15H2,1-3H3. The summed E-state index contributed by atoms with van der Waals surface area (Å²) in [5, 5.41) is 3.71. The van der Waals surface area contributed by atoms with Crippen LogP contribution in [0.1, 0.15) is 55.5 Å². The Kier molecular flexibility index (Phi) is 6.01. The fourth-order valence-electron chi connectivity index (χ4n) is 2.79. The van der Waals surface area contributed by atoms with E-state index in [1.807, 2.05) is 0 Å². The molecule has 2 aromatic rings. The van der Waals surface area contributed by atoms with Gasteiger partial charge in [-0.2, -0.15) is 0 Å². The Bertz CT molecular complexity index is 542. The zero-order chi connectivity index (χ0) is 15.1. The molecule has 0 saturated heterocycles. The molecule has 2 aromatic carbocycles. The molecule has 0 amide bonds. The Morgan fingerprint density at radius 1 is 0.810 bits per heavy atom. The lowest BCUT2D eigenvalue weighted by molar-refractivity contribution is 0.517. The molecule has 112 valence electrons. The fraction of sp³-hybridized carbons (Fsp3) is 0.400. The first-order valence-electron chi connectivity index (χ1n) is 8.17. The van der Waals surface area contributed by atoms with E-state index >= 15 is 0 Å². The second kappa shape index (κ2) is 7.99. The van der Waals surface area contributed by atoms with E-state index in [0.717, 1.165) is 25.8 Å². The van der Waals surface area contributed by atoms with Gasteiger partial charge in [0.05, 0.1) is 0 Å². The van der Waals surface area contributed by atoms with Crippen LogP contribution in [0.3, 0.4) is 0 Å². The van der Waals surface area contributed by atoms with Crippen LogP contribution in [0.4, 0.5) is 0 Å². The first-order chi connectivity index (χ1) is 10.3. The summed E-state index contributed by atoms with van der Waals surface area (Å²) in [5.74, 6) is 0. The second-order valence-corrected chi connectivity index (χ2v) is 5.56. The monoisotopic (exact) mass is 281 g/mol. The van der Waals surface area contributed by atoms with Crippen LogP contribution in [-0.4, -0.2) is 0 Å². The molecule has 0 aliphatic heterocycles. The van der Waals surface area contributed by atoms with Crippen LogP contribution >= 0.6 is 0 Å². The lowest BCUT2D eigenvalue weighted by Crippen LogP contribution is -2.21. The average molecular weight is 281 g/mol. The van der Waals surface area contributed by atoms with Gasteiger partial charge in [-0.1, -0.05) is 69.3 Å². The highest BCUT2D eigenvalue weighted by Gasteiger charge is 2.09. The van der Waals surface area contributed by atoms with E-state index in [-0.39, 0.29) is 0 Å². The van der Waals surface area contributed by atoms with Crippen molar-refractivity contribution in [2.75, 3.05) is 0 Å². The number of rotatable bonds is 7. The zero-order valence-corrected chi connectivity index (χ0v) is 13.5. The van der Waals surface area contributed by atoms with Gasteiger partial charge in [-0.3, -0.25) is 0 Å². The van der Waals surface area contributed by atoms with E-state index < -0.39 is 0 Å². The molecule has 1 heteroatoms. The van der Waals surface area contributed by atoms with Crippen molar-refractivity contribution in [3.05, 3.63) is 70.8 Å². The summed E-state index contributed by atoms with van der Waals surface area (Å²) < 4.78 is 0. The molecule has 1 N–H and O–H groups in total. The van der Waals surface area contributed by atoms with Crippen molar-refractivity contribution in [3.63, 3.8) is 0 Å². The third kappa shape index (κ3) is 4.18. The summed E-state index contributed by atoms with van der Waals surface area (Å²) in [6.45, 7) is 7.61. The molecule has 0 bridgehead atoms. The highest BCUT2D eigenvalue weighted by molar-refractivity contribution is 5.28. The molecule has 0 radical (unpaired) electrons. The maximum absolute atomic E-state index is 3.71. The minimum absolute atomic E-state index is 0.431. The molecule has 0 aliphatic carbocycles. The van der Waals surface area contributed by atoms with Gasteiger partial charge < -0.3 is 5.32 Å². The minimum atomic E-state index is 0.431. The predicted octanol–water partition coefficient (Wildman–Crippen LogP) is 5.05. The van der Waals surface area contributed by atoms with Gasteiger partial charge in [0, 0.05) is 12.6 Å². The quantitative estimate of drug-likeness (QED) is 0.748. The molecule has 1 nitrogen and oxygen atoms in total. The molecule has 0 heterocycles. The van der Waals surface area contributed by atoms with Crippen molar-refractivity contribution in [3.8, 4) is 0 Å². The van der Waals surface area contributed by atoms with E-state index in [0.29, 0.717) is 6.04 Å². The van der Waals surface area contributed by atoms with Gasteiger partial charge in [-0.25, -0.2) is 0 Å². The van der Waals surface area contributed by atoms with Crippen LogP contribution in [-0.2, 0) is 19.4 Å². The van der Waals surface area contributed by atoms with E-state index in [4.69, 9.17) is 0 Å². The molecule has 21 heavy (non-hydrogen) atoms. The van der Waals surface area contributed by atoms with Crippen LogP contribution in [0.2, 0.25) is 0 Å². The van der Waals surface area contributed by atoms with Crippen LogP contribution in [0.15, 0.2) is 48.5 Å². The summed E-state index contributed by atoms with van der Waals surface area (Å²) in [6, 6.07) is 18.2. The van der Waals surface area contributed by atoms with Gasteiger partial charge in [0.2, 0.25) is 0 Å². The van der Waals surface area contributed by atoms with E-state index in [1.165, 1.54) is 22.3 Å². The molecule has 0 spiro atoms. The highest BCUT2D eigenvalue weighted by Crippen LogP contribution is 2.19. The van der Waals surface area contributed by atoms with Crippen LogP contribution in [0.5, 0.6) is 0 Å². The average Bonchev–Trinajstić information content (AvgIpc) is 2.56. The highest BCUT2D eigenvalue weighted by atomic mass is 14.9. The maximum atomic E-state index is 3.71. The van der Waals surface area contributed by atoms with Crippen molar-refractivity contribution >= 4 is 0 Å².